The van der Waals surface area contributed by atoms with Crippen molar-refractivity contribution in [3.05, 3.63) is 59.1 Å². The summed E-state index contributed by atoms with van der Waals surface area (Å²) in [5, 5.41) is 5.87. The highest BCUT2D eigenvalue weighted by atomic mass is 35.5. The molecule has 2 aromatic carbocycles. The Labute approximate surface area is 139 Å². The molecule has 2 aromatic rings. The molecule has 0 radical (unpaired) electrons. The van der Waals surface area contributed by atoms with Crippen LogP contribution >= 0.6 is 11.6 Å². The fourth-order valence-corrected chi connectivity index (χ4v) is 2.11. The summed E-state index contributed by atoms with van der Waals surface area (Å²) in [6.45, 7) is 0.229. The summed E-state index contributed by atoms with van der Waals surface area (Å²) in [7, 11) is 1.54. The van der Waals surface area contributed by atoms with Crippen molar-refractivity contribution in [1.29, 1.82) is 0 Å². The Morgan fingerprint density at radius 2 is 1.91 bits per heavy atom. The second-order valence-electron chi connectivity index (χ2n) is 4.77. The molecule has 2 rings (SSSR count). The van der Waals surface area contributed by atoms with Gasteiger partial charge in [-0.3, -0.25) is 9.59 Å². The number of carbonyl (C=O) groups excluding carboxylic acids is 2. The maximum Gasteiger partial charge on any atom is 0.251 e. The normalized spacial score (nSPS) is 10.0. The third-order valence-electron chi connectivity index (χ3n) is 3.12. The minimum atomic E-state index is -0.255. The van der Waals surface area contributed by atoms with Gasteiger partial charge in [0.2, 0.25) is 5.91 Å². The molecule has 0 saturated carbocycles. The highest BCUT2D eigenvalue weighted by Gasteiger charge is 2.08. The van der Waals surface area contributed by atoms with Gasteiger partial charge in [0.05, 0.1) is 17.8 Å². The summed E-state index contributed by atoms with van der Waals surface area (Å²) in [6, 6.07) is 13.8. The van der Waals surface area contributed by atoms with Crippen LogP contribution in [0.3, 0.4) is 0 Å². The van der Waals surface area contributed by atoms with Crippen LogP contribution in [0.15, 0.2) is 48.5 Å². The van der Waals surface area contributed by atoms with Crippen LogP contribution in [-0.2, 0) is 4.79 Å². The Bertz CT molecular complexity index is 704. The van der Waals surface area contributed by atoms with Gasteiger partial charge in [-0.05, 0) is 30.3 Å². The largest absolute Gasteiger partial charge is 0.497 e. The summed E-state index contributed by atoms with van der Waals surface area (Å²) < 4.78 is 5.07. The topological polar surface area (TPSA) is 67.4 Å². The fourth-order valence-electron chi connectivity index (χ4n) is 1.93. The molecule has 0 heterocycles. The van der Waals surface area contributed by atoms with Crippen LogP contribution in [0.5, 0.6) is 5.75 Å². The standard InChI is InChI=1S/C17H17ClN2O3/c1-23-13-6-4-5-12(11-13)17(22)19-10-9-16(21)20-15-8-3-2-7-14(15)18/h2-8,11H,9-10H2,1H3,(H,19,22)(H,20,21). The number of carbonyl (C=O) groups is 2. The van der Waals surface area contributed by atoms with Gasteiger partial charge in [0.1, 0.15) is 5.75 Å². The third kappa shape index (κ3) is 5.00. The quantitative estimate of drug-likeness (QED) is 0.854. The Morgan fingerprint density at radius 1 is 1.13 bits per heavy atom. The molecular formula is C17H17ClN2O3. The molecule has 0 unspecified atom stereocenters. The molecule has 6 heteroatoms. The first-order valence-electron chi connectivity index (χ1n) is 7.07. The van der Waals surface area contributed by atoms with Crippen LogP contribution in [0.1, 0.15) is 16.8 Å². The Kier molecular flexibility index (Phi) is 6.00. The zero-order valence-electron chi connectivity index (χ0n) is 12.6. The van der Waals surface area contributed by atoms with Crippen LogP contribution in [0.2, 0.25) is 5.02 Å². The molecule has 23 heavy (non-hydrogen) atoms. The fraction of sp³-hybridized carbons (Fsp3) is 0.176. The number of hydrogen-bond donors (Lipinski definition) is 2. The molecule has 0 atom stereocenters. The van der Waals surface area contributed by atoms with Crippen LogP contribution < -0.4 is 15.4 Å². The molecule has 0 bridgehead atoms. The average Bonchev–Trinajstić information content (AvgIpc) is 2.57. The van der Waals surface area contributed by atoms with E-state index in [2.05, 4.69) is 10.6 Å². The molecule has 0 fully saturated rings. The van der Waals surface area contributed by atoms with Crippen molar-refractivity contribution in [3.8, 4) is 5.75 Å². The number of rotatable bonds is 6. The number of anilines is 1. The minimum absolute atomic E-state index is 0.154. The molecule has 0 aliphatic heterocycles. The summed E-state index contributed by atoms with van der Waals surface area (Å²) in [5.74, 6) is 0.132. The number of hydrogen-bond acceptors (Lipinski definition) is 3. The van der Waals surface area contributed by atoms with Gasteiger partial charge in [0, 0.05) is 18.5 Å². The summed E-state index contributed by atoms with van der Waals surface area (Å²) in [5.41, 5.74) is 1.04. The zero-order chi connectivity index (χ0) is 16.7. The van der Waals surface area contributed by atoms with Gasteiger partial charge in [-0.25, -0.2) is 0 Å². The van der Waals surface area contributed by atoms with E-state index < -0.39 is 0 Å². The van der Waals surface area contributed by atoms with Gasteiger partial charge in [-0.1, -0.05) is 29.8 Å². The van der Waals surface area contributed by atoms with E-state index in [1.165, 1.54) is 7.11 Å². The van der Waals surface area contributed by atoms with Crippen molar-refractivity contribution in [3.63, 3.8) is 0 Å². The number of amides is 2. The number of halogens is 1. The van der Waals surface area contributed by atoms with E-state index in [-0.39, 0.29) is 24.8 Å². The predicted octanol–water partition coefficient (Wildman–Crippen LogP) is 3.11. The summed E-state index contributed by atoms with van der Waals surface area (Å²) in [4.78, 5) is 23.8. The maximum absolute atomic E-state index is 12.0. The molecule has 0 aliphatic carbocycles. The molecule has 0 spiro atoms. The molecule has 120 valence electrons. The van der Waals surface area contributed by atoms with Crippen LogP contribution in [-0.4, -0.2) is 25.5 Å². The lowest BCUT2D eigenvalue weighted by Crippen LogP contribution is -2.27. The van der Waals surface area contributed by atoms with Gasteiger partial charge in [0.15, 0.2) is 0 Å². The molecular weight excluding hydrogens is 316 g/mol. The van der Waals surface area contributed by atoms with Crippen LogP contribution in [0.4, 0.5) is 5.69 Å². The number of benzene rings is 2. The summed E-state index contributed by atoms with van der Waals surface area (Å²) in [6.07, 6.45) is 0.154. The molecule has 0 saturated heterocycles. The molecule has 0 aliphatic rings. The van der Waals surface area contributed by atoms with E-state index in [1.54, 1.807) is 48.5 Å². The Balaban J connectivity index is 1.81. The minimum Gasteiger partial charge on any atom is -0.497 e. The lowest BCUT2D eigenvalue weighted by Gasteiger charge is -2.08. The van der Waals surface area contributed by atoms with Crippen molar-refractivity contribution in [2.75, 3.05) is 19.0 Å². The predicted molar refractivity (Wildman–Crippen MR) is 90.0 cm³/mol. The highest BCUT2D eigenvalue weighted by molar-refractivity contribution is 6.33. The SMILES string of the molecule is COc1cccc(C(=O)NCCC(=O)Nc2ccccc2Cl)c1. The molecule has 2 N–H and O–H groups in total. The maximum atomic E-state index is 12.0. The molecule has 2 amide bonds. The van der Waals surface area contributed by atoms with Gasteiger partial charge < -0.3 is 15.4 Å². The first kappa shape index (κ1) is 16.8. The number of nitrogens with one attached hydrogen (secondary N) is 2. The second kappa shape index (κ2) is 8.19. The Morgan fingerprint density at radius 3 is 2.65 bits per heavy atom. The van der Waals surface area contributed by atoms with E-state index in [0.29, 0.717) is 22.0 Å². The lowest BCUT2D eigenvalue weighted by atomic mass is 10.2. The van der Waals surface area contributed by atoms with Crippen molar-refractivity contribution in [1.82, 2.24) is 5.32 Å². The number of methoxy groups -OCH3 is 1. The smallest absolute Gasteiger partial charge is 0.251 e. The van der Waals surface area contributed by atoms with Crippen molar-refractivity contribution >= 4 is 29.1 Å². The van der Waals surface area contributed by atoms with Gasteiger partial charge >= 0.3 is 0 Å². The van der Waals surface area contributed by atoms with Gasteiger partial charge in [-0.15, -0.1) is 0 Å². The van der Waals surface area contributed by atoms with E-state index >= 15 is 0 Å². The molecule has 0 aromatic heterocycles. The van der Waals surface area contributed by atoms with E-state index in [1.807, 2.05) is 0 Å². The van der Waals surface area contributed by atoms with Crippen molar-refractivity contribution < 1.29 is 14.3 Å². The zero-order valence-corrected chi connectivity index (χ0v) is 13.4. The molecule has 5 nitrogen and oxygen atoms in total. The van der Waals surface area contributed by atoms with Crippen molar-refractivity contribution in [2.24, 2.45) is 0 Å². The van der Waals surface area contributed by atoms with Crippen molar-refractivity contribution in [2.45, 2.75) is 6.42 Å². The highest BCUT2D eigenvalue weighted by Crippen LogP contribution is 2.20. The van der Waals surface area contributed by atoms with E-state index in [9.17, 15) is 9.59 Å². The lowest BCUT2D eigenvalue weighted by molar-refractivity contribution is -0.116. The summed E-state index contributed by atoms with van der Waals surface area (Å²) >= 11 is 5.97. The van der Waals surface area contributed by atoms with Crippen LogP contribution in [0.25, 0.3) is 0 Å². The first-order valence-corrected chi connectivity index (χ1v) is 7.44. The van der Waals surface area contributed by atoms with E-state index in [0.717, 1.165) is 0 Å². The van der Waals surface area contributed by atoms with Crippen LogP contribution in [0, 0.1) is 0 Å². The average molecular weight is 333 g/mol. The second-order valence-corrected chi connectivity index (χ2v) is 5.17. The number of para-hydroxylation sites is 1. The van der Waals surface area contributed by atoms with Gasteiger partial charge in [-0.2, -0.15) is 0 Å². The first-order chi connectivity index (χ1) is 11.1. The monoisotopic (exact) mass is 332 g/mol. The van der Waals surface area contributed by atoms with E-state index in [4.69, 9.17) is 16.3 Å². The number of ether oxygens (including phenoxy) is 1. The third-order valence-corrected chi connectivity index (χ3v) is 3.45. The van der Waals surface area contributed by atoms with Gasteiger partial charge in [0.25, 0.3) is 5.91 Å². The Hall–Kier alpha value is -2.53.